The molecule has 3 N–H and O–H groups in total. The Morgan fingerprint density at radius 2 is 2.00 bits per heavy atom. The molecule has 0 spiro atoms. The van der Waals surface area contributed by atoms with Gasteiger partial charge in [-0.2, -0.15) is 8.78 Å². The van der Waals surface area contributed by atoms with Gasteiger partial charge in [-0.15, -0.1) is 18.8 Å². The van der Waals surface area contributed by atoms with E-state index in [2.05, 4.69) is 0 Å². The lowest BCUT2D eigenvalue weighted by molar-refractivity contribution is -0.168. The molecule has 1 aromatic rings. The molecule has 0 bridgehead atoms. The van der Waals surface area contributed by atoms with E-state index in [0.29, 0.717) is 12.8 Å². The standard InChI is InChI=1S/C15H16F3NO.ClH/c1-3-14(20,10-7-8-10)15(17,18)12-6-4-5-11(9(2)19)13(12)16;/h1,4-6,9-10,20H,7-8,19H2,2H3;1H/t9-,14+;/m1./s1. The minimum absolute atomic E-state index is 0. The number of hydrogen-bond donors (Lipinski definition) is 2. The number of hydrogen-bond acceptors (Lipinski definition) is 2. The van der Waals surface area contributed by atoms with Crippen molar-refractivity contribution in [2.45, 2.75) is 37.3 Å². The van der Waals surface area contributed by atoms with Crippen molar-refractivity contribution in [3.05, 3.63) is 35.1 Å². The van der Waals surface area contributed by atoms with Crippen LogP contribution >= 0.6 is 12.4 Å². The molecule has 1 aliphatic carbocycles. The van der Waals surface area contributed by atoms with Crippen LogP contribution in [0.2, 0.25) is 0 Å². The Balaban J connectivity index is 0.00000220. The molecule has 2 nitrogen and oxygen atoms in total. The smallest absolute Gasteiger partial charge is 0.315 e. The van der Waals surface area contributed by atoms with Crippen molar-refractivity contribution in [2.24, 2.45) is 11.7 Å². The van der Waals surface area contributed by atoms with Gasteiger partial charge in [0, 0.05) is 17.5 Å². The maximum atomic E-state index is 14.5. The maximum absolute atomic E-state index is 14.5. The fourth-order valence-corrected chi connectivity index (χ4v) is 2.32. The third-order valence-electron chi connectivity index (χ3n) is 3.72. The van der Waals surface area contributed by atoms with E-state index in [1.165, 1.54) is 19.1 Å². The summed E-state index contributed by atoms with van der Waals surface area (Å²) < 4.78 is 43.3. The number of alkyl halides is 2. The first-order chi connectivity index (χ1) is 9.25. The molecule has 0 aliphatic heterocycles. The third-order valence-corrected chi connectivity index (χ3v) is 3.72. The van der Waals surface area contributed by atoms with Crippen LogP contribution in [0.25, 0.3) is 0 Å². The maximum Gasteiger partial charge on any atom is 0.315 e. The summed E-state index contributed by atoms with van der Waals surface area (Å²) in [6.07, 6.45) is 5.91. The molecule has 6 heteroatoms. The van der Waals surface area contributed by atoms with Crippen molar-refractivity contribution >= 4 is 12.4 Å². The largest absolute Gasteiger partial charge is 0.371 e. The Kier molecular flexibility index (Phi) is 4.99. The van der Waals surface area contributed by atoms with E-state index in [0.717, 1.165) is 6.07 Å². The highest BCUT2D eigenvalue weighted by molar-refractivity contribution is 5.85. The molecule has 0 radical (unpaired) electrons. The summed E-state index contributed by atoms with van der Waals surface area (Å²) in [7, 11) is 0. The zero-order valence-corrected chi connectivity index (χ0v) is 12.3. The molecule has 0 aromatic heterocycles. The van der Waals surface area contributed by atoms with Crippen molar-refractivity contribution in [1.82, 2.24) is 0 Å². The van der Waals surface area contributed by atoms with Crippen LogP contribution < -0.4 is 5.73 Å². The summed E-state index contributed by atoms with van der Waals surface area (Å²) in [6, 6.07) is 2.83. The van der Waals surface area contributed by atoms with Crippen molar-refractivity contribution in [1.29, 1.82) is 0 Å². The Hall–Kier alpha value is -1.22. The van der Waals surface area contributed by atoms with Crippen LogP contribution in [0.5, 0.6) is 0 Å². The highest BCUT2D eigenvalue weighted by Crippen LogP contribution is 2.52. The minimum atomic E-state index is -3.86. The molecule has 1 fully saturated rings. The highest BCUT2D eigenvalue weighted by atomic mass is 35.5. The summed E-state index contributed by atoms with van der Waals surface area (Å²) in [4.78, 5) is 0. The molecule has 1 aliphatic rings. The van der Waals surface area contributed by atoms with E-state index >= 15 is 0 Å². The van der Waals surface area contributed by atoms with Crippen molar-refractivity contribution in [3.8, 4) is 12.3 Å². The highest BCUT2D eigenvalue weighted by Gasteiger charge is 2.61. The van der Waals surface area contributed by atoms with E-state index in [1.54, 1.807) is 5.92 Å². The lowest BCUT2D eigenvalue weighted by Crippen LogP contribution is -2.47. The van der Waals surface area contributed by atoms with Gasteiger partial charge in [-0.1, -0.05) is 18.1 Å². The second-order valence-electron chi connectivity index (χ2n) is 5.26. The molecule has 1 aromatic carbocycles. The number of rotatable bonds is 4. The van der Waals surface area contributed by atoms with E-state index in [1.807, 2.05) is 0 Å². The third kappa shape index (κ3) is 2.76. The average Bonchev–Trinajstić information content (AvgIpc) is 3.21. The number of terminal acetylenes is 1. The number of halogens is 4. The van der Waals surface area contributed by atoms with Crippen molar-refractivity contribution in [2.75, 3.05) is 0 Å². The van der Waals surface area contributed by atoms with Crippen LogP contribution in [0.3, 0.4) is 0 Å². The first-order valence-corrected chi connectivity index (χ1v) is 6.38. The average molecular weight is 320 g/mol. The topological polar surface area (TPSA) is 46.2 Å². The molecule has 2 atom stereocenters. The SMILES string of the molecule is C#C[C@](O)(C1CC1)C(F)(F)c1cccc([C@@H](C)N)c1F.Cl. The van der Waals surface area contributed by atoms with Crippen LogP contribution in [0.1, 0.15) is 36.9 Å². The van der Waals surface area contributed by atoms with Crippen LogP contribution in [-0.4, -0.2) is 10.7 Å². The van der Waals surface area contributed by atoms with E-state index in [-0.39, 0.29) is 18.0 Å². The summed E-state index contributed by atoms with van der Waals surface area (Å²) in [6.45, 7) is 1.49. The van der Waals surface area contributed by atoms with Crippen molar-refractivity contribution in [3.63, 3.8) is 0 Å². The number of nitrogens with two attached hydrogens (primary N) is 1. The number of aliphatic hydroxyl groups is 1. The lowest BCUT2D eigenvalue weighted by Gasteiger charge is -2.32. The van der Waals surface area contributed by atoms with E-state index in [4.69, 9.17) is 12.2 Å². The van der Waals surface area contributed by atoms with E-state index < -0.39 is 34.9 Å². The van der Waals surface area contributed by atoms with Crippen LogP contribution in [0.15, 0.2) is 18.2 Å². The Morgan fingerprint density at radius 1 is 1.43 bits per heavy atom. The van der Waals surface area contributed by atoms with Crippen LogP contribution in [0.4, 0.5) is 13.2 Å². The van der Waals surface area contributed by atoms with Gasteiger partial charge in [-0.25, -0.2) is 4.39 Å². The Labute approximate surface area is 127 Å². The first kappa shape index (κ1) is 17.8. The van der Waals surface area contributed by atoms with Gasteiger partial charge >= 0.3 is 5.92 Å². The summed E-state index contributed by atoms with van der Waals surface area (Å²) in [5.41, 5.74) is 1.96. The van der Waals surface area contributed by atoms with Gasteiger partial charge in [0.1, 0.15) is 5.82 Å². The fraction of sp³-hybridized carbons (Fsp3) is 0.467. The summed E-state index contributed by atoms with van der Waals surface area (Å²) >= 11 is 0. The second-order valence-corrected chi connectivity index (χ2v) is 5.26. The van der Waals surface area contributed by atoms with Gasteiger partial charge in [-0.05, 0) is 25.8 Å². The molecule has 116 valence electrons. The molecule has 2 rings (SSSR count). The van der Waals surface area contributed by atoms with Gasteiger partial charge in [0.25, 0.3) is 0 Å². The molecular weight excluding hydrogens is 303 g/mol. The van der Waals surface area contributed by atoms with Gasteiger partial charge in [0.05, 0.1) is 5.56 Å². The quantitative estimate of drug-likeness (QED) is 0.838. The predicted octanol–water partition coefficient (Wildman–Crippen LogP) is 3.13. The van der Waals surface area contributed by atoms with Crippen LogP contribution in [0, 0.1) is 24.1 Å². The predicted molar refractivity (Wildman–Crippen MR) is 76.7 cm³/mol. The van der Waals surface area contributed by atoms with Gasteiger partial charge in [0.15, 0.2) is 5.60 Å². The monoisotopic (exact) mass is 319 g/mol. The summed E-state index contributed by atoms with van der Waals surface area (Å²) in [5.74, 6) is -3.92. The lowest BCUT2D eigenvalue weighted by atomic mass is 9.85. The minimum Gasteiger partial charge on any atom is -0.371 e. The molecule has 0 saturated heterocycles. The van der Waals surface area contributed by atoms with Gasteiger partial charge in [0.2, 0.25) is 0 Å². The van der Waals surface area contributed by atoms with Crippen molar-refractivity contribution < 1.29 is 18.3 Å². The first-order valence-electron chi connectivity index (χ1n) is 6.38. The zero-order chi connectivity index (χ0) is 15.1. The Morgan fingerprint density at radius 3 is 2.43 bits per heavy atom. The zero-order valence-electron chi connectivity index (χ0n) is 11.4. The fourth-order valence-electron chi connectivity index (χ4n) is 2.32. The van der Waals surface area contributed by atoms with Gasteiger partial charge < -0.3 is 10.8 Å². The Bertz CT molecular complexity index is 567. The molecule has 1 saturated carbocycles. The normalized spacial score (nSPS) is 19.1. The molecule has 0 unspecified atom stereocenters. The number of benzene rings is 1. The summed E-state index contributed by atoms with van der Waals surface area (Å²) in [5, 5.41) is 10.1. The van der Waals surface area contributed by atoms with Crippen LogP contribution in [-0.2, 0) is 5.92 Å². The molecule has 0 amide bonds. The molecule has 0 heterocycles. The molecule has 21 heavy (non-hydrogen) atoms. The van der Waals surface area contributed by atoms with Gasteiger partial charge in [-0.3, -0.25) is 0 Å². The van der Waals surface area contributed by atoms with E-state index in [9.17, 15) is 18.3 Å². The second kappa shape index (κ2) is 5.88. The molecular formula is C15H17ClF3NO.